The van der Waals surface area contributed by atoms with E-state index in [0.29, 0.717) is 22.1 Å². The van der Waals surface area contributed by atoms with E-state index in [4.69, 9.17) is 4.98 Å². The first-order valence-corrected chi connectivity index (χ1v) is 14.0. The van der Waals surface area contributed by atoms with Crippen LogP contribution in [0.1, 0.15) is 42.3 Å². The lowest BCUT2D eigenvalue weighted by Gasteiger charge is -2.11. The smallest absolute Gasteiger partial charge is 0.227 e. The van der Waals surface area contributed by atoms with Crippen LogP contribution in [0.5, 0.6) is 0 Å². The van der Waals surface area contributed by atoms with Gasteiger partial charge in [-0.05, 0) is 55.7 Å². The molecule has 10 heteroatoms. The second-order valence-corrected chi connectivity index (χ2v) is 11.2. The van der Waals surface area contributed by atoms with E-state index in [-0.39, 0.29) is 17.6 Å². The van der Waals surface area contributed by atoms with Crippen molar-refractivity contribution in [3.8, 4) is 33.1 Å². The van der Waals surface area contributed by atoms with Crippen molar-refractivity contribution in [1.82, 2.24) is 30.1 Å². The number of Topliss-reactive ketones (excluding diaryl/α,β-unsaturated/α-hetero) is 1. The molecule has 0 unspecified atom stereocenters. The number of aromatic amines is 2. The number of pyridine rings is 2. The minimum Gasteiger partial charge on any atom is -0.335 e. The van der Waals surface area contributed by atoms with Gasteiger partial charge in [-0.1, -0.05) is 18.9 Å². The van der Waals surface area contributed by atoms with Crippen LogP contribution >= 0.6 is 11.3 Å². The van der Waals surface area contributed by atoms with Crippen molar-refractivity contribution >= 4 is 50.7 Å². The molecule has 40 heavy (non-hydrogen) atoms. The molecule has 1 saturated carbocycles. The Labute approximate surface area is 233 Å². The van der Waals surface area contributed by atoms with Gasteiger partial charge in [0.2, 0.25) is 5.91 Å². The summed E-state index contributed by atoms with van der Waals surface area (Å²) >= 11 is 1.43. The number of ketones is 1. The van der Waals surface area contributed by atoms with Crippen LogP contribution in [0.2, 0.25) is 0 Å². The summed E-state index contributed by atoms with van der Waals surface area (Å²) in [6.07, 6.45) is 11.1. The molecule has 1 amide bonds. The van der Waals surface area contributed by atoms with Crippen LogP contribution in [0, 0.1) is 5.92 Å². The van der Waals surface area contributed by atoms with Crippen molar-refractivity contribution < 1.29 is 9.59 Å². The van der Waals surface area contributed by atoms with Crippen LogP contribution in [-0.2, 0) is 4.79 Å². The molecule has 5 heterocycles. The molecule has 7 rings (SSSR count). The highest BCUT2D eigenvalue weighted by atomic mass is 32.1. The Balaban J connectivity index is 1.24. The summed E-state index contributed by atoms with van der Waals surface area (Å²) in [5, 5.41) is 11.6. The minimum absolute atomic E-state index is 0.0369. The maximum atomic E-state index is 12.6. The predicted octanol–water partition coefficient (Wildman–Crippen LogP) is 6.62. The molecule has 1 aliphatic rings. The summed E-state index contributed by atoms with van der Waals surface area (Å²) in [7, 11) is 0. The summed E-state index contributed by atoms with van der Waals surface area (Å²) < 4.78 is 0. The predicted molar refractivity (Wildman–Crippen MR) is 156 cm³/mol. The van der Waals surface area contributed by atoms with E-state index in [9.17, 15) is 9.59 Å². The number of nitrogens with one attached hydrogen (secondary N) is 3. The molecule has 0 saturated heterocycles. The number of benzene rings is 1. The lowest BCUT2D eigenvalue weighted by Crippen LogP contribution is -2.20. The van der Waals surface area contributed by atoms with Crippen LogP contribution in [0.4, 0.5) is 5.69 Å². The molecule has 0 radical (unpaired) electrons. The molecule has 0 atom stereocenters. The van der Waals surface area contributed by atoms with Crippen molar-refractivity contribution in [2.45, 2.75) is 32.6 Å². The molecular formula is C30H25N7O2S. The molecule has 3 N–H and O–H groups in total. The quantitative estimate of drug-likeness (QED) is 0.201. The monoisotopic (exact) mass is 547 g/mol. The second kappa shape index (κ2) is 9.80. The zero-order valence-corrected chi connectivity index (χ0v) is 22.5. The fourth-order valence-electron chi connectivity index (χ4n) is 5.37. The zero-order chi connectivity index (χ0) is 27.2. The molecule has 0 spiro atoms. The Hall–Kier alpha value is -4.70. The zero-order valence-electron chi connectivity index (χ0n) is 21.7. The van der Waals surface area contributed by atoms with E-state index in [1.165, 1.54) is 11.3 Å². The van der Waals surface area contributed by atoms with Crippen molar-refractivity contribution in [3.05, 3.63) is 66.1 Å². The van der Waals surface area contributed by atoms with Gasteiger partial charge in [0, 0.05) is 39.7 Å². The first-order valence-electron chi connectivity index (χ1n) is 13.2. The number of thiophene rings is 1. The van der Waals surface area contributed by atoms with Gasteiger partial charge in [0.15, 0.2) is 11.6 Å². The summed E-state index contributed by atoms with van der Waals surface area (Å²) in [6.45, 7) is 1.57. The van der Waals surface area contributed by atoms with Crippen LogP contribution in [-0.4, -0.2) is 41.8 Å². The third-order valence-electron chi connectivity index (χ3n) is 7.46. The van der Waals surface area contributed by atoms with Gasteiger partial charge < -0.3 is 10.3 Å². The number of imidazole rings is 1. The molecular weight excluding hydrogens is 522 g/mol. The maximum absolute atomic E-state index is 12.6. The van der Waals surface area contributed by atoms with E-state index in [1.807, 2.05) is 30.3 Å². The van der Waals surface area contributed by atoms with E-state index in [0.717, 1.165) is 69.2 Å². The largest absolute Gasteiger partial charge is 0.335 e. The number of carbonyl (C=O) groups is 2. The number of hydrogen-bond donors (Lipinski definition) is 3. The lowest BCUT2D eigenvalue weighted by molar-refractivity contribution is -0.119. The maximum Gasteiger partial charge on any atom is 0.227 e. The van der Waals surface area contributed by atoms with Gasteiger partial charge in [0.25, 0.3) is 0 Å². The number of rotatable bonds is 6. The third-order valence-corrected chi connectivity index (χ3v) is 8.68. The molecule has 0 aliphatic heterocycles. The Kier molecular flexibility index (Phi) is 5.96. The van der Waals surface area contributed by atoms with Gasteiger partial charge in [-0.15, -0.1) is 11.3 Å². The number of carbonyl (C=O) groups excluding carboxylic acids is 2. The third kappa shape index (κ3) is 4.36. The number of H-pyrrole nitrogens is 2. The SMILES string of the molecule is CC(=O)c1ccc(-c2cncc3[nH]c(-c4n[nH]c5ccc(-c6cncc(NC(=O)C7CCCC7)c6)cc45)nc23)s1. The number of fused-ring (bicyclic) bond motifs is 2. The molecule has 1 aromatic carbocycles. The molecule has 1 aliphatic carbocycles. The van der Waals surface area contributed by atoms with Gasteiger partial charge in [-0.25, -0.2) is 4.98 Å². The first kappa shape index (κ1) is 24.3. The number of anilines is 1. The lowest BCUT2D eigenvalue weighted by atomic mass is 10.0. The van der Waals surface area contributed by atoms with E-state index < -0.39 is 0 Å². The summed E-state index contributed by atoms with van der Waals surface area (Å²) in [5.74, 6) is 0.813. The first-order chi connectivity index (χ1) is 19.5. The molecule has 9 nitrogen and oxygen atoms in total. The van der Waals surface area contributed by atoms with E-state index >= 15 is 0 Å². The van der Waals surface area contributed by atoms with Crippen LogP contribution in [0.3, 0.4) is 0 Å². The summed E-state index contributed by atoms with van der Waals surface area (Å²) in [6, 6.07) is 11.8. The van der Waals surface area contributed by atoms with Crippen LogP contribution in [0.15, 0.2) is 61.2 Å². The number of aromatic nitrogens is 6. The average molecular weight is 548 g/mol. The van der Waals surface area contributed by atoms with E-state index in [2.05, 4.69) is 36.5 Å². The molecule has 1 fully saturated rings. The molecule has 0 bridgehead atoms. The molecule has 198 valence electrons. The molecule has 5 aromatic heterocycles. The van der Waals surface area contributed by atoms with Gasteiger partial charge >= 0.3 is 0 Å². The standard InChI is InChI=1S/C30H25N7O2S/c1-16(38)25-8-9-26(40-25)22-14-32-15-24-27(22)35-29(34-24)28-21-11-18(6-7-23(21)36-37-28)19-10-20(13-31-12-19)33-30(39)17-4-2-3-5-17/h6-15,17H,2-5H2,1H3,(H,33,39)(H,34,35)(H,36,37). The highest BCUT2D eigenvalue weighted by Crippen LogP contribution is 2.35. The Bertz CT molecular complexity index is 1910. The highest BCUT2D eigenvalue weighted by molar-refractivity contribution is 7.17. The van der Waals surface area contributed by atoms with Gasteiger partial charge in [-0.2, -0.15) is 5.10 Å². The van der Waals surface area contributed by atoms with Crippen LogP contribution in [0.25, 0.3) is 55.0 Å². The van der Waals surface area contributed by atoms with Gasteiger partial charge in [-0.3, -0.25) is 24.7 Å². The van der Waals surface area contributed by atoms with E-state index in [1.54, 1.807) is 31.7 Å². The Morgan fingerprint density at radius 2 is 1.80 bits per heavy atom. The van der Waals surface area contributed by atoms with Gasteiger partial charge in [0.05, 0.1) is 34.0 Å². The Morgan fingerprint density at radius 3 is 2.62 bits per heavy atom. The van der Waals surface area contributed by atoms with Crippen molar-refractivity contribution in [2.24, 2.45) is 5.92 Å². The number of amides is 1. The Morgan fingerprint density at radius 1 is 0.950 bits per heavy atom. The summed E-state index contributed by atoms with van der Waals surface area (Å²) in [5.41, 5.74) is 6.52. The topological polar surface area (TPSA) is 129 Å². The van der Waals surface area contributed by atoms with Crippen molar-refractivity contribution in [1.29, 1.82) is 0 Å². The second-order valence-electron chi connectivity index (χ2n) is 10.2. The number of hydrogen-bond acceptors (Lipinski definition) is 7. The fourth-order valence-corrected chi connectivity index (χ4v) is 6.28. The minimum atomic E-state index is 0.0369. The van der Waals surface area contributed by atoms with Crippen molar-refractivity contribution in [3.63, 3.8) is 0 Å². The average Bonchev–Trinajstić information content (AvgIpc) is 3.78. The van der Waals surface area contributed by atoms with Crippen LogP contribution < -0.4 is 5.32 Å². The van der Waals surface area contributed by atoms with Gasteiger partial charge in [0.1, 0.15) is 11.2 Å². The normalized spacial score (nSPS) is 13.8. The number of nitrogens with zero attached hydrogens (tertiary/aromatic N) is 4. The fraction of sp³-hybridized carbons (Fsp3) is 0.200. The summed E-state index contributed by atoms with van der Waals surface area (Å²) in [4.78, 5) is 43.2. The van der Waals surface area contributed by atoms with Crippen molar-refractivity contribution in [2.75, 3.05) is 5.32 Å². The molecule has 6 aromatic rings. The highest BCUT2D eigenvalue weighted by Gasteiger charge is 2.23.